The van der Waals surface area contributed by atoms with E-state index in [1.807, 2.05) is 24.3 Å². The number of hydrogen-bond acceptors (Lipinski definition) is 2. The number of rotatable bonds is 6. The summed E-state index contributed by atoms with van der Waals surface area (Å²) < 4.78 is 6.18. The van der Waals surface area contributed by atoms with Crippen molar-refractivity contribution in [3.63, 3.8) is 0 Å². The molecule has 0 aliphatic heterocycles. The maximum atomic E-state index is 6.18. The number of benzene rings is 6. The minimum absolute atomic E-state index is 0.0306. The van der Waals surface area contributed by atoms with Crippen molar-refractivity contribution in [2.75, 3.05) is 4.90 Å². The fourth-order valence-corrected chi connectivity index (χ4v) is 7.20. The predicted octanol–water partition coefficient (Wildman–Crippen LogP) is 12.5. The molecule has 2 heteroatoms. The minimum Gasteiger partial charge on any atom is -0.456 e. The van der Waals surface area contributed by atoms with Crippen LogP contribution in [-0.4, -0.2) is 0 Å². The van der Waals surface area contributed by atoms with Crippen LogP contribution in [0.25, 0.3) is 50.3 Å². The summed E-state index contributed by atoms with van der Waals surface area (Å²) in [7, 11) is 0. The van der Waals surface area contributed by atoms with Crippen molar-refractivity contribution in [2.24, 2.45) is 0 Å². The highest BCUT2D eigenvalue weighted by molar-refractivity contribution is 6.06. The first-order valence-electron chi connectivity index (χ1n) is 15.9. The molecule has 7 aromatic rings. The lowest BCUT2D eigenvalue weighted by Crippen LogP contribution is -2.14. The molecule has 0 saturated carbocycles. The van der Waals surface area contributed by atoms with E-state index in [-0.39, 0.29) is 5.41 Å². The third-order valence-corrected chi connectivity index (χ3v) is 9.66. The molecule has 2 nitrogen and oxygen atoms in total. The van der Waals surface area contributed by atoms with Gasteiger partial charge in [0.25, 0.3) is 0 Å². The zero-order valence-electron chi connectivity index (χ0n) is 26.4. The van der Waals surface area contributed by atoms with E-state index in [4.69, 9.17) is 4.42 Å². The van der Waals surface area contributed by atoms with Crippen molar-refractivity contribution < 1.29 is 4.42 Å². The van der Waals surface area contributed by atoms with E-state index in [9.17, 15) is 0 Å². The van der Waals surface area contributed by atoms with Crippen LogP contribution in [0, 0.1) is 6.92 Å². The molecule has 0 radical (unpaired) electrons. The van der Waals surface area contributed by atoms with Gasteiger partial charge in [-0.25, -0.2) is 0 Å². The Balaban J connectivity index is 1.24. The summed E-state index contributed by atoms with van der Waals surface area (Å²) in [5.74, 6) is 0. The molecule has 222 valence electrons. The molecule has 1 aliphatic rings. The van der Waals surface area contributed by atoms with E-state index in [0.29, 0.717) is 0 Å². The second kappa shape index (κ2) is 10.8. The number of fused-ring (bicyclic) bond motifs is 6. The zero-order valence-corrected chi connectivity index (χ0v) is 26.4. The van der Waals surface area contributed by atoms with Gasteiger partial charge in [-0.3, -0.25) is 0 Å². The molecule has 46 heavy (non-hydrogen) atoms. The quantitative estimate of drug-likeness (QED) is 0.178. The van der Waals surface area contributed by atoms with Crippen molar-refractivity contribution in [1.82, 2.24) is 0 Å². The summed E-state index contributed by atoms with van der Waals surface area (Å²) in [6.45, 7) is 10.7. The summed E-state index contributed by atoms with van der Waals surface area (Å²) in [4.78, 5) is 2.36. The van der Waals surface area contributed by atoms with Gasteiger partial charge >= 0.3 is 0 Å². The lowest BCUT2D eigenvalue weighted by molar-refractivity contribution is 0.660. The second-order valence-electron chi connectivity index (χ2n) is 12.7. The van der Waals surface area contributed by atoms with Crippen molar-refractivity contribution in [1.29, 1.82) is 0 Å². The number of anilines is 3. The molecular weight excluding hydrogens is 558 g/mol. The molecule has 0 fully saturated rings. The molecule has 0 unspecified atom stereocenters. The highest BCUT2D eigenvalue weighted by Crippen LogP contribution is 2.49. The van der Waals surface area contributed by atoms with Crippen molar-refractivity contribution in [3.05, 3.63) is 168 Å². The number of para-hydroxylation sites is 1. The zero-order chi connectivity index (χ0) is 31.4. The predicted molar refractivity (Wildman–Crippen MR) is 195 cm³/mol. The van der Waals surface area contributed by atoms with Gasteiger partial charge in [0.05, 0.1) is 0 Å². The van der Waals surface area contributed by atoms with Crippen molar-refractivity contribution >= 4 is 45.1 Å². The second-order valence-corrected chi connectivity index (χ2v) is 12.7. The van der Waals surface area contributed by atoms with Gasteiger partial charge in [-0.2, -0.15) is 0 Å². The molecule has 0 amide bonds. The molecule has 0 bridgehead atoms. The van der Waals surface area contributed by atoms with Gasteiger partial charge in [-0.1, -0.05) is 118 Å². The van der Waals surface area contributed by atoms with E-state index in [0.717, 1.165) is 44.6 Å². The van der Waals surface area contributed by atoms with Crippen LogP contribution in [0.5, 0.6) is 0 Å². The molecule has 0 N–H and O–H groups in total. The number of hydrogen-bond donors (Lipinski definition) is 0. The van der Waals surface area contributed by atoms with E-state index in [2.05, 4.69) is 154 Å². The number of nitrogens with zero attached hydrogens (tertiary/aromatic N) is 1. The van der Waals surface area contributed by atoms with Crippen LogP contribution in [0.3, 0.4) is 0 Å². The van der Waals surface area contributed by atoms with Crippen LogP contribution in [-0.2, 0) is 5.41 Å². The maximum absolute atomic E-state index is 6.18. The summed E-state index contributed by atoms with van der Waals surface area (Å²) in [5.41, 5.74) is 15.3. The van der Waals surface area contributed by atoms with Crippen molar-refractivity contribution in [3.8, 4) is 22.3 Å². The molecule has 8 rings (SSSR count). The normalized spacial score (nSPS) is 13.3. The molecule has 1 aliphatic carbocycles. The Labute approximate surface area is 270 Å². The molecular formula is C44H35NO. The third kappa shape index (κ3) is 4.41. The molecule has 0 saturated heterocycles. The van der Waals surface area contributed by atoms with Gasteiger partial charge in [0.15, 0.2) is 0 Å². The van der Waals surface area contributed by atoms with Crippen LogP contribution in [0.1, 0.15) is 36.1 Å². The first kappa shape index (κ1) is 27.9. The smallest absolute Gasteiger partial charge is 0.135 e. The van der Waals surface area contributed by atoms with Gasteiger partial charge in [0, 0.05) is 33.2 Å². The van der Waals surface area contributed by atoms with Crippen LogP contribution in [0.2, 0.25) is 0 Å². The Kier molecular flexibility index (Phi) is 6.54. The Morgan fingerprint density at radius 3 is 2.20 bits per heavy atom. The summed E-state index contributed by atoms with van der Waals surface area (Å²) in [5, 5.41) is 2.23. The molecule has 6 aromatic carbocycles. The van der Waals surface area contributed by atoms with E-state index >= 15 is 0 Å². The van der Waals surface area contributed by atoms with Gasteiger partial charge in [-0.05, 0) is 100.0 Å². The average molecular weight is 594 g/mol. The van der Waals surface area contributed by atoms with Crippen LogP contribution in [0.15, 0.2) is 151 Å². The first-order valence-corrected chi connectivity index (χ1v) is 15.9. The Bertz CT molecular complexity index is 2320. The molecule has 0 atom stereocenters. The summed E-state index contributed by atoms with van der Waals surface area (Å²) in [6.07, 6.45) is 5.93. The van der Waals surface area contributed by atoms with E-state index < -0.39 is 0 Å². The molecule has 1 aromatic heterocycles. The van der Waals surface area contributed by atoms with Gasteiger partial charge in [-0.15, -0.1) is 0 Å². The van der Waals surface area contributed by atoms with Crippen LogP contribution in [0.4, 0.5) is 17.1 Å². The van der Waals surface area contributed by atoms with Crippen LogP contribution < -0.4 is 4.90 Å². The fraction of sp³-hybridized carbons (Fsp3) is 0.0909. The third-order valence-electron chi connectivity index (χ3n) is 9.66. The topological polar surface area (TPSA) is 16.4 Å². The Hall–Kier alpha value is -5.60. The average Bonchev–Trinajstić information content (AvgIpc) is 3.57. The summed E-state index contributed by atoms with van der Waals surface area (Å²) >= 11 is 0. The monoisotopic (exact) mass is 593 g/mol. The SMILES string of the molecule is C=C/C=C\c1cccc(N(c2ccc(-c3ccc4c(c3)C(C)(C)c3ccccc3-4)cc2)c2ccc3oc4ccccc4c3c2)c1C. The lowest BCUT2D eigenvalue weighted by Gasteiger charge is -2.28. The first-order chi connectivity index (χ1) is 22.4. The Morgan fingerprint density at radius 1 is 0.630 bits per heavy atom. The van der Waals surface area contributed by atoms with E-state index in [1.54, 1.807) is 0 Å². The number of furan rings is 1. The fourth-order valence-electron chi connectivity index (χ4n) is 7.20. The van der Waals surface area contributed by atoms with E-state index in [1.165, 1.54) is 38.9 Å². The lowest BCUT2D eigenvalue weighted by atomic mass is 9.81. The highest BCUT2D eigenvalue weighted by Gasteiger charge is 2.35. The van der Waals surface area contributed by atoms with Gasteiger partial charge in [0.2, 0.25) is 0 Å². The summed E-state index contributed by atoms with van der Waals surface area (Å²) in [6, 6.07) is 46.0. The van der Waals surface area contributed by atoms with Gasteiger partial charge in [0.1, 0.15) is 11.2 Å². The largest absolute Gasteiger partial charge is 0.456 e. The Morgan fingerprint density at radius 2 is 1.35 bits per heavy atom. The van der Waals surface area contributed by atoms with Gasteiger partial charge < -0.3 is 9.32 Å². The number of allylic oxidation sites excluding steroid dienone is 2. The standard InChI is InChI=1S/C44H35NO/c1-5-6-12-30-13-11-17-41(29(30)2)45(34-24-26-43-38(28-34)37-15-8-10-18-42(37)46-43)33-22-19-31(20-23-33)32-21-25-36-35-14-7-9-16-39(35)44(3,4)40(36)27-32/h5-28H,1H2,2-4H3/b12-6-. The molecule has 1 heterocycles. The van der Waals surface area contributed by atoms with Crippen LogP contribution >= 0.6 is 0 Å². The molecule has 0 spiro atoms. The minimum atomic E-state index is -0.0306. The maximum Gasteiger partial charge on any atom is 0.135 e. The highest BCUT2D eigenvalue weighted by atomic mass is 16.3. The van der Waals surface area contributed by atoms with Crippen molar-refractivity contribution in [2.45, 2.75) is 26.2 Å².